The van der Waals surface area contributed by atoms with E-state index in [1.807, 2.05) is 0 Å². The number of aryl methyl sites for hydroxylation is 1. The number of carbonyl (C=O) groups is 2. The number of nitrogens with zero attached hydrogens (tertiary/aromatic N) is 1. The Hall–Kier alpha value is -3.64. The summed E-state index contributed by atoms with van der Waals surface area (Å²) in [5, 5.41) is 10.4. The minimum atomic E-state index is -3.95. The fourth-order valence-corrected chi connectivity index (χ4v) is 3.83. The number of anilines is 1. The number of primary sulfonamides is 1. The van der Waals surface area contributed by atoms with Crippen molar-refractivity contribution in [2.75, 3.05) is 19.5 Å². The first-order valence-electron chi connectivity index (χ1n) is 10.9. The van der Waals surface area contributed by atoms with Crippen molar-refractivity contribution in [2.45, 2.75) is 45.1 Å². The van der Waals surface area contributed by atoms with E-state index >= 15 is 0 Å². The molecule has 0 aliphatic rings. The van der Waals surface area contributed by atoms with Gasteiger partial charge in [0.15, 0.2) is 17.5 Å². The highest BCUT2D eigenvalue weighted by Crippen LogP contribution is 2.28. The summed E-state index contributed by atoms with van der Waals surface area (Å²) in [4.78, 5) is 29.8. The van der Waals surface area contributed by atoms with Gasteiger partial charge >= 0.3 is 0 Å². The number of aliphatic imine (C=N–C) groups is 1. The molecule has 0 spiro atoms. The molecule has 0 saturated carbocycles. The van der Waals surface area contributed by atoms with E-state index in [9.17, 15) is 18.0 Å². The summed E-state index contributed by atoms with van der Waals surface area (Å²) >= 11 is 0. The molecule has 0 bridgehead atoms. The number of carbonyl (C=O) groups excluding carboxylic acids is 2. The largest absolute Gasteiger partial charge is 0.493 e. The van der Waals surface area contributed by atoms with Gasteiger partial charge in [-0.25, -0.2) is 18.5 Å². The quantitative estimate of drug-likeness (QED) is 0.303. The molecular weight excluding hydrogens is 486 g/mol. The number of methoxy groups -OCH3 is 2. The first kappa shape index (κ1) is 28.6. The summed E-state index contributed by atoms with van der Waals surface area (Å²) in [5.74, 6) is -0.185. The Bertz CT molecular complexity index is 1270. The summed E-state index contributed by atoms with van der Waals surface area (Å²) in [7, 11) is -0.943. The lowest BCUT2D eigenvalue weighted by atomic mass is 9.86. The van der Waals surface area contributed by atoms with Crippen molar-refractivity contribution in [1.29, 1.82) is 0 Å². The molecule has 0 fully saturated rings. The molecule has 11 nitrogen and oxygen atoms in total. The zero-order valence-electron chi connectivity index (χ0n) is 21.2. The second-order valence-electron chi connectivity index (χ2n) is 9.21. The number of guanidine groups is 1. The van der Waals surface area contributed by atoms with Crippen LogP contribution in [0, 0.1) is 12.3 Å². The molecule has 196 valence electrons. The van der Waals surface area contributed by atoms with Gasteiger partial charge in [0.25, 0.3) is 0 Å². The van der Waals surface area contributed by atoms with E-state index in [4.69, 9.17) is 20.3 Å². The van der Waals surface area contributed by atoms with E-state index in [1.54, 1.807) is 45.9 Å². The lowest BCUT2D eigenvalue weighted by Crippen LogP contribution is -2.43. The molecule has 0 unspecified atom stereocenters. The van der Waals surface area contributed by atoms with Crippen molar-refractivity contribution in [1.82, 2.24) is 5.32 Å². The van der Waals surface area contributed by atoms with Gasteiger partial charge in [-0.1, -0.05) is 32.9 Å². The Labute approximate surface area is 211 Å². The van der Waals surface area contributed by atoms with Crippen LogP contribution in [-0.4, -0.2) is 46.5 Å². The zero-order valence-corrected chi connectivity index (χ0v) is 22.0. The standard InChI is InChI=1S/C24H33N5O6S/c1-14-7-9-16(36(26,32)33)13-17(14)27-22(31)21(24(2,3)4)29-23(25)28-20(30)12-15-8-10-18(34-5)19(11-15)35-6/h7-11,13,21H,12H2,1-6H3,(H,27,31)(H2,26,32,33)(H3,25,28,29,30)/t21-/m0/s1. The Kier molecular flexibility index (Phi) is 9.05. The highest BCUT2D eigenvalue weighted by atomic mass is 32.2. The normalized spacial score (nSPS) is 13.0. The van der Waals surface area contributed by atoms with Crippen LogP contribution in [0.25, 0.3) is 0 Å². The number of nitrogens with one attached hydrogen (secondary N) is 2. The highest BCUT2D eigenvalue weighted by Gasteiger charge is 2.32. The van der Waals surface area contributed by atoms with Crippen LogP contribution in [0.5, 0.6) is 11.5 Å². The van der Waals surface area contributed by atoms with Gasteiger partial charge in [-0.15, -0.1) is 0 Å². The average molecular weight is 520 g/mol. The van der Waals surface area contributed by atoms with Gasteiger partial charge in [0.05, 0.1) is 25.5 Å². The smallest absolute Gasteiger partial charge is 0.249 e. The lowest BCUT2D eigenvalue weighted by molar-refractivity contribution is -0.120. The van der Waals surface area contributed by atoms with Crippen molar-refractivity contribution in [3.63, 3.8) is 0 Å². The van der Waals surface area contributed by atoms with Crippen LogP contribution in [0.3, 0.4) is 0 Å². The molecule has 12 heteroatoms. The molecule has 2 rings (SSSR count). The maximum Gasteiger partial charge on any atom is 0.249 e. The van der Waals surface area contributed by atoms with Gasteiger partial charge in [0, 0.05) is 5.69 Å². The van der Waals surface area contributed by atoms with Crippen LogP contribution in [0.2, 0.25) is 0 Å². The third-order valence-electron chi connectivity index (χ3n) is 5.21. The van der Waals surface area contributed by atoms with Gasteiger partial charge in [-0.2, -0.15) is 0 Å². The number of sulfonamides is 1. The van der Waals surface area contributed by atoms with E-state index in [1.165, 1.54) is 32.4 Å². The Balaban J connectivity index is 2.20. The number of hydrogen-bond acceptors (Lipinski definition) is 7. The monoisotopic (exact) mass is 519 g/mol. The maximum atomic E-state index is 13.1. The summed E-state index contributed by atoms with van der Waals surface area (Å²) < 4.78 is 33.8. The SMILES string of the molecule is COc1ccc(CC(=O)NC(N)=N[C@@H](C(=O)Nc2cc(S(N)(=O)=O)ccc2C)C(C)(C)C)cc1OC. The molecular formula is C24H33N5O6S. The topological polar surface area (TPSA) is 175 Å². The van der Waals surface area contributed by atoms with Crippen molar-refractivity contribution < 1.29 is 27.5 Å². The fraction of sp³-hybridized carbons (Fsp3) is 0.375. The van der Waals surface area contributed by atoms with Crippen molar-refractivity contribution in [3.8, 4) is 11.5 Å². The van der Waals surface area contributed by atoms with E-state index in [-0.39, 0.29) is 23.0 Å². The van der Waals surface area contributed by atoms with Crippen LogP contribution in [0.1, 0.15) is 31.9 Å². The minimum absolute atomic E-state index is 0.0114. The van der Waals surface area contributed by atoms with Crippen LogP contribution in [0.15, 0.2) is 46.3 Å². The van der Waals surface area contributed by atoms with Crippen LogP contribution in [0.4, 0.5) is 5.69 Å². The first-order chi connectivity index (χ1) is 16.6. The lowest BCUT2D eigenvalue weighted by Gasteiger charge is -2.27. The number of ether oxygens (including phenoxy) is 2. The molecule has 0 radical (unpaired) electrons. The molecule has 0 saturated heterocycles. The first-order valence-corrected chi connectivity index (χ1v) is 12.5. The van der Waals surface area contributed by atoms with Gasteiger partial charge in [0.1, 0.15) is 6.04 Å². The van der Waals surface area contributed by atoms with Gasteiger partial charge in [-0.05, 0) is 47.7 Å². The van der Waals surface area contributed by atoms with E-state index in [0.29, 0.717) is 22.6 Å². The van der Waals surface area contributed by atoms with Crippen LogP contribution >= 0.6 is 0 Å². The second-order valence-corrected chi connectivity index (χ2v) is 10.8. The molecule has 6 N–H and O–H groups in total. The minimum Gasteiger partial charge on any atom is -0.493 e. The zero-order chi connectivity index (χ0) is 27.3. The third-order valence-corrected chi connectivity index (χ3v) is 6.12. The van der Waals surface area contributed by atoms with Crippen LogP contribution in [-0.2, 0) is 26.0 Å². The molecule has 0 aliphatic carbocycles. The third kappa shape index (κ3) is 7.68. The molecule has 1 atom stereocenters. The van der Waals surface area contributed by atoms with Crippen molar-refractivity contribution in [3.05, 3.63) is 47.5 Å². The number of amides is 2. The number of nitrogens with two attached hydrogens (primary N) is 2. The number of rotatable bonds is 8. The van der Waals surface area contributed by atoms with E-state index in [2.05, 4.69) is 15.6 Å². The van der Waals surface area contributed by atoms with Crippen molar-refractivity contribution in [2.24, 2.45) is 21.3 Å². The predicted octanol–water partition coefficient (Wildman–Crippen LogP) is 1.69. The fourth-order valence-electron chi connectivity index (χ4n) is 3.29. The van der Waals surface area contributed by atoms with Gasteiger partial charge in [-0.3, -0.25) is 14.9 Å². The van der Waals surface area contributed by atoms with Crippen LogP contribution < -0.4 is 31.0 Å². The Morgan fingerprint density at radius 1 is 1.06 bits per heavy atom. The maximum absolute atomic E-state index is 13.1. The number of benzene rings is 2. The highest BCUT2D eigenvalue weighted by molar-refractivity contribution is 7.89. The van der Waals surface area contributed by atoms with Gasteiger partial charge < -0.3 is 20.5 Å². The molecule has 0 heterocycles. The average Bonchev–Trinajstić information content (AvgIpc) is 2.77. The molecule has 2 amide bonds. The summed E-state index contributed by atoms with van der Waals surface area (Å²) in [6.07, 6.45) is -0.0114. The Morgan fingerprint density at radius 2 is 1.69 bits per heavy atom. The molecule has 2 aromatic carbocycles. The molecule has 0 aliphatic heterocycles. The molecule has 2 aromatic rings. The second kappa shape index (κ2) is 11.4. The summed E-state index contributed by atoms with van der Waals surface area (Å²) in [6, 6.07) is 8.24. The van der Waals surface area contributed by atoms with Gasteiger partial charge in [0.2, 0.25) is 21.8 Å². The molecule has 0 aromatic heterocycles. The summed E-state index contributed by atoms with van der Waals surface area (Å²) in [6.45, 7) is 7.06. The predicted molar refractivity (Wildman–Crippen MR) is 137 cm³/mol. The molecule has 36 heavy (non-hydrogen) atoms. The summed E-state index contributed by atoms with van der Waals surface area (Å²) in [5.41, 5.74) is 6.84. The number of hydrogen-bond donors (Lipinski definition) is 4. The van der Waals surface area contributed by atoms with Crippen molar-refractivity contribution >= 4 is 33.5 Å². The Morgan fingerprint density at radius 3 is 2.25 bits per heavy atom. The van der Waals surface area contributed by atoms with E-state index < -0.39 is 33.3 Å². The van der Waals surface area contributed by atoms with E-state index in [0.717, 1.165) is 0 Å².